The molecular weight excluding hydrogens is 274 g/mol. The Morgan fingerprint density at radius 3 is 2.86 bits per heavy atom. The lowest BCUT2D eigenvalue weighted by Crippen LogP contribution is -2.29. The van der Waals surface area contributed by atoms with Crippen molar-refractivity contribution >= 4 is 17.6 Å². The molecule has 1 aromatic carbocycles. The molecule has 21 heavy (non-hydrogen) atoms. The van der Waals surface area contributed by atoms with Crippen LogP contribution in [0.25, 0.3) is 0 Å². The van der Waals surface area contributed by atoms with Crippen LogP contribution in [0.4, 0.5) is 5.69 Å². The molecular formula is C14H17N3O4. The van der Waals surface area contributed by atoms with Crippen molar-refractivity contribution in [2.75, 3.05) is 25.5 Å². The topological polar surface area (TPSA) is 114 Å². The number of amides is 1. The van der Waals surface area contributed by atoms with E-state index in [0.29, 0.717) is 5.69 Å². The van der Waals surface area contributed by atoms with Crippen LogP contribution in [0.15, 0.2) is 18.2 Å². The van der Waals surface area contributed by atoms with E-state index in [9.17, 15) is 9.59 Å². The minimum atomic E-state index is -0.565. The summed E-state index contributed by atoms with van der Waals surface area (Å²) in [5.74, 6) is -0.723. The van der Waals surface area contributed by atoms with Gasteiger partial charge in [-0.25, -0.2) is 4.79 Å². The summed E-state index contributed by atoms with van der Waals surface area (Å²) in [7, 11) is 0. The molecule has 0 spiro atoms. The molecule has 0 aliphatic rings. The van der Waals surface area contributed by atoms with Gasteiger partial charge in [0.25, 0.3) is 5.91 Å². The minimum Gasteiger partial charge on any atom is -0.483 e. The number of nitriles is 1. The average Bonchev–Trinajstić information content (AvgIpc) is 2.46. The van der Waals surface area contributed by atoms with Crippen molar-refractivity contribution in [3.05, 3.63) is 23.8 Å². The molecule has 0 bridgehead atoms. The Hall–Kier alpha value is -2.75. The van der Waals surface area contributed by atoms with Crippen molar-refractivity contribution in [1.29, 1.82) is 5.26 Å². The fourth-order valence-electron chi connectivity index (χ4n) is 1.49. The third-order valence-electron chi connectivity index (χ3n) is 2.42. The normalized spacial score (nSPS) is 9.52. The van der Waals surface area contributed by atoms with E-state index in [2.05, 4.69) is 5.32 Å². The van der Waals surface area contributed by atoms with Gasteiger partial charge in [0.15, 0.2) is 6.61 Å². The van der Waals surface area contributed by atoms with Gasteiger partial charge in [0.1, 0.15) is 11.3 Å². The summed E-state index contributed by atoms with van der Waals surface area (Å²) in [5, 5.41) is 10.9. The molecule has 0 saturated carbocycles. The number of ether oxygens (including phenoxy) is 2. The highest BCUT2D eigenvalue weighted by molar-refractivity contribution is 5.93. The van der Waals surface area contributed by atoms with Gasteiger partial charge < -0.3 is 20.5 Å². The van der Waals surface area contributed by atoms with Gasteiger partial charge in [-0.1, -0.05) is 0 Å². The number of anilines is 1. The molecule has 3 N–H and O–H groups in total. The predicted molar refractivity (Wildman–Crippen MR) is 75.5 cm³/mol. The van der Waals surface area contributed by atoms with Crippen LogP contribution >= 0.6 is 0 Å². The molecule has 0 aromatic heterocycles. The quantitative estimate of drug-likeness (QED) is 0.437. The lowest BCUT2D eigenvalue weighted by molar-refractivity contribution is -0.123. The summed E-state index contributed by atoms with van der Waals surface area (Å²) in [6, 6.07) is 6.41. The molecule has 112 valence electrons. The Morgan fingerprint density at radius 2 is 2.19 bits per heavy atom. The molecule has 7 heteroatoms. The van der Waals surface area contributed by atoms with E-state index in [0.717, 1.165) is 0 Å². The van der Waals surface area contributed by atoms with E-state index < -0.39 is 5.97 Å². The number of nitrogen functional groups attached to an aromatic ring is 1. The van der Waals surface area contributed by atoms with Crippen LogP contribution in [0.3, 0.4) is 0 Å². The molecule has 0 fully saturated rings. The van der Waals surface area contributed by atoms with Gasteiger partial charge in [-0.05, 0) is 25.1 Å². The second kappa shape index (κ2) is 8.43. The molecule has 1 amide bonds. The van der Waals surface area contributed by atoms with Gasteiger partial charge in [0.2, 0.25) is 0 Å². The van der Waals surface area contributed by atoms with Crippen LogP contribution < -0.4 is 15.8 Å². The third kappa shape index (κ3) is 5.40. The first-order valence-electron chi connectivity index (χ1n) is 6.41. The van der Waals surface area contributed by atoms with E-state index in [-0.39, 0.29) is 43.4 Å². The number of carbonyl (C=O) groups is 2. The second-order valence-corrected chi connectivity index (χ2v) is 4.02. The zero-order valence-electron chi connectivity index (χ0n) is 11.7. The summed E-state index contributed by atoms with van der Waals surface area (Å²) in [6.45, 7) is 1.90. The lowest BCUT2D eigenvalue weighted by atomic mass is 10.2. The Morgan fingerprint density at radius 1 is 1.43 bits per heavy atom. The van der Waals surface area contributed by atoms with Crippen LogP contribution in [0.5, 0.6) is 5.75 Å². The summed E-state index contributed by atoms with van der Waals surface area (Å²) in [4.78, 5) is 23.3. The van der Waals surface area contributed by atoms with Crippen LogP contribution in [0, 0.1) is 11.3 Å². The third-order valence-corrected chi connectivity index (χ3v) is 2.42. The Labute approximate surface area is 122 Å². The lowest BCUT2D eigenvalue weighted by Gasteiger charge is -2.11. The number of carbonyl (C=O) groups excluding carboxylic acids is 2. The SMILES string of the molecule is CCOC(=O)c1cc(N)ccc1OCC(=O)NCCC#N. The number of benzene rings is 1. The number of nitrogens with two attached hydrogens (primary N) is 1. The maximum Gasteiger partial charge on any atom is 0.341 e. The standard InChI is InChI=1S/C14H17N3O4/c1-2-20-14(19)11-8-10(16)4-5-12(11)21-9-13(18)17-7-3-6-15/h4-5,8H,2-3,7,9,16H2,1H3,(H,17,18). The second-order valence-electron chi connectivity index (χ2n) is 4.02. The van der Waals surface area contributed by atoms with Gasteiger partial charge in [-0.3, -0.25) is 4.79 Å². The molecule has 0 heterocycles. The van der Waals surface area contributed by atoms with E-state index >= 15 is 0 Å². The van der Waals surface area contributed by atoms with Crippen molar-refractivity contribution in [2.45, 2.75) is 13.3 Å². The largest absolute Gasteiger partial charge is 0.483 e. The highest BCUT2D eigenvalue weighted by Gasteiger charge is 2.15. The summed E-state index contributed by atoms with van der Waals surface area (Å²) in [5.41, 5.74) is 6.19. The predicted octanol–water partition coefficient (Wildman–Crippen LogP) is 0.854. The molecule has 1 aromatic rings. The summed E-state index contributed by atoms with van der Waals surface area (Å²) >= 11 is 0. The molecule has 0 saturated heterocycles. The molecule has 7 nitrogen and oxygen atoms in total. The fraction of sp³-hybridized carbons (Fsp3) is 0.357. The van der Waals surface area contributed by atoms with Crippen molar-refractivity contribution in [2.24, 2.45) is 0 Å². The van der Waals surface area contributed by atoms with Crippen molar-refractivity contribution in [3.8, 4) is 11.8 Å². The molecule has 0 atom stereocenters. The Kier molecular flexibility index (Phi) is 6.54. The van der Waals surface area contributed by atoms with Crippen LogP contribution in [0.1, 0.15) is 23.7 Å². The van der Waals surface area contributed by atoms with Gasteiger partial charge in [0, 0.05) is 12.2 Å². The first-order chi connectivity index (χ1) is 10.1. The fourth-order valence-corrected chi connectivity index (χ4v) is 1.49. The average molecular weight is 291 g/mol. The minimum absolute atomic E-state index is 0.168. The molecule has 0 unspecified atom stereocenters. The number of rotatable bonds is 7. The zero-order valence-corrected chi connectivity index (χ0v) is 11.7. The number of esters is 1. The Bertz CT molecular complexity index is 552. The highest BCUT2D eigenvalue weighted by atomic mass is 16.5. The number of hydrogen-bond donors (Lipinski definition) is 2. The number of nitrogens with one attached hydrogen (secondary N) is 1. The zero-order chi connectivity index (χ0) is 15.7. The van der Waals surface area contributed by atoms with Gasteiger partial charge in [0.05, 0.1) is 19.1 Å². The van der Waals surface area contributed by atoms with Crippen molar-refractivity contribution < 1.29 is 19.1 Å². The summed E-state index contributed by atoms with van der Waals surface area (Å²) in [6.07, 6.45) is 0.224. The Balaban J connectivity index is 2.68. The van der Waals surface area contributed by atoms with Crippen molar-refractivity contribution in [3.63, 3.8) is 0 Å². The summed E-state index contributed by atoms with van der Waals surface area (Å²) < 4.78 is 10.2. The van der Waals surface area contributed by atoms with E-state index in [1.807, 2.05) is 6.07 Å². The highest BCUT2D eigenvalue weighted by Crippen LogP contribution is 2.22. The maximum absolute atomic E-state index is 11.8. The van der Waals surface area contributed by atoms with E-state index in [1.54, 1.807) is 13.0 Å². The molecule has 0 aliphatic carbocycles. The molecule has 1 rings (SSSR count). The first-order valence-corrected chi connectivity index (χ1v) is 6.41. The molecule has 0 radical (unpaired) electrons. The van der Waals surface area contributed by atoms with E-state index in [1.165, 1.54) is 12.1 Å². The van der Waals surface area contributed by atoms with Crippen molar-refractivity contribution in [1.82, 2.24) is 5.32 Å². The smallest absolute Gasteiger partial charge is 0.341 e. The van der Waals surface area contributed by atoms with Crippen LogP contribution in [0.2, 0.25) is 0 Å². The van der Waals surface area contributed by atoms with Crippen LogP contribution in [-0.2, 0) is 9.53 Å². The van der Waals surface area contributed by atoms with Gasteiger partial charge >= 0.3 is 5.97 Å². The molecule has 0 aliphatic heterocycles. The monoisotopic (exact) mass is 291 g/mol. The number of nitrogens with zero attached hydrogens (tertiary/aromatic N) is 1. The van der Waals surface area contributed by atoms with Gasteiger partial charge in [-0.15, -0.1) is 0 Å². The maximum atomic E-state index is 11.8. The first kappa shape index (κ1) is 16.3. The van der Waals surface area contributed by atoms with Crippen LogP contribution in [-0.4, -0.2) is 31.6 Å². The van der Waals surface area contributed by atoms with Gasteiger partial charge in [-0.2, -0.15) is 5.26 Å². The number of hydrogen-bond acceptors (Lipinski definition) is 6. The van der Waals surface area contributed by atoms with E-state index in [4.69, 9.17) is 20.5 Å².